The predicted molar refractivity (Wildman–Crippen MR) is 101 cm³/mol. The number of rotatable bonds is 4. The molecule has 6 nitrogen and oxygen atoms in total. The first kappa shape index (κ1) is 17.8. The molecule has 142 valence electrons. The van der Waals surface area contributed by atoms with Gasteiger partial charge in [0.05, 0.1) is 11.6 Å². The van der Waals surface area contributed by atoms with E-state index in [9.17, 15) is 9.59 Å². The normalized spacial score (nSPS) is 22.6. The van der Waals surface area contributed by atoms with Crippen molar-refractivity contribution >= 4 is 11.8 Å². The van der Waals surface area contributed by atoms with Gasteiger partial charge in [-0.05, 0) is 25.7 Å². The van der Waals surface area contributed by atoms with Crippen LogP contribution in [0.2, 0.25) is 0 Å². The van der Waals surface area contributed by atoms with E-state index in [0.717, 1.165) is 44.3 Å². The molecule has 2 saturated heterocycles. The van der Waals surface area contributed by atoms with Crippen LogP contribution in [-0.4, -0.2) is 52.9 Å². The van der Waals surface area contributed by atoms with Gasteiger partial charge in [-0.3, -0.25) is 9.59 Å². The van der Waals surface area contributed by atoms with Crippen molar-refractivity contribution in [3.8, 4) is 11.3 Å². The van der Waals surface area contributed by atoms with E-state index < -0.39 is 5.41 Å². The molecule has 3 heterocycles. The average Bonchev–Trinajstić information content (AvgIpc) is 3.34. The summed E-state index contributed by atoms with van der Waals surface area (Å²) in [5.41, 5.74) is 0.884. The number of piperidine rings is 1. The smallest absolute Gasteiger partial charge is 0.259 e. The second kappa shape index (κ2) is 7.18. The van der Waals surface area contributed by atoms with Crippen molar-refractivity contribution in [2.24, 2.45) is 5.41 Å². The lowest BCUT2D eigenvalue weighted by atomic mass is 9.78. The van der Waals surface area contributed by atoms with Crippen LogP contribution in [0.15, 0.2) is 41.1 Å². The third-order valence-electron chi connectivity index (χ3n) is 5.80. The Balaban J connectivity index is 1.54. The molecule has 0 saturated carbocycles. The van der Waals surface area contributed by atoms with Crippen molar-refractivity contribution in [2.75, 3.05) is 26.2 Å². The summed E-state index contributed by atoms with van der Waals surface area (Å²) in [7, 11) is 0. The van der Waals surface area contributed by atoms with Gasteiger partial charge in [0, 0.05) is 31.7 Å². The van der Waals surface area contributed by atoms with Gasteiger partial charge in [-0.15, -0.1) is 0 Å². The molecule has 0 aliphatic carbocycles. The van der Waals surface area contributed by atoms with Crippen molar-refractivity contribution < 1.29 is 14.1 Å². The largest absolute Gasteiger partial charge is 0.355 e. The molecular weight excluding hydrogens is 342 g/mol. The van der Waals surface area contributed by atoms with Crippen molar-refractivity contribution in [3.63, 3.8) is 0 Å². The van der Waals surface area contributed by atoms with Crippen LogP contribution in [0.4, 0.5) is 0 Å². The first-order chi connectivity index (χ1) is 13.1. The van der Waals surface area contributed by atoms with E-state index in [1.165, 1.54) is 6.20 Å². The molecule has 1 atom stereocenters. The molecular formula is C21H25N3O3. The summed E-state index contributed by atoms with van der Waals surface area (Å²) >= 11 is 0. The Labute approximate surface area is 159 Å². The number of hydrogen-bond donors (Lipinski definition) is 0. The number of amides is 2. The van der Waals surface area contributed by atoms with E-state index in [1.54, 1.807) is 4.90 Å². The molecule has 1 spiro atoms. The third kappa shape index (κ3) is 3.13. The summed E-state index contributed by atoms with van der Waals surface area (Å²) in [6, 6.07) is 9.52. The maximum absolute atomic E-state index is 13.1. The van der Waals surface area contributed by atoms with Gasteiger partial charge in [-0.25, -0.2) is 0 Å². The Bertz CT molecular complexity index is 830. The van der Waals surface area contributed by atoms with Gasteiger partial charge in [0.15, 0.2) is 5.76 Å². The first-order valence-corrected chi connectivity index (χ1v) is 9.73. The number of benzene rings is 1. The van der Waals surface area contributed by atoms with Crippen molar-refractivity contribution in [1.29, 1.82) is 0 Å². The standard InChI is InChI=1S/C21H25N3O3/c1-2-11-23-12-6-9-21(20(23)26)10-13-24(15-21)19(25)17-14-22-27-18(17)16-7-4-3-5-8-16/h3-5,7-8,14H,2,6,9-13,15H2,1H3/t21-/m0/s1. The molecule has 0 unspecified atom stereocenters. The molecule has 27 heavy (non-hydrogen) atoms. The second-order valence-electron chi connectivity index (χ2n) is 7.59. The lowest BCUT2D eigenvalue weighted by molar-refractivity contribution is -0.145. The van der Waals surface area contributed by atoms with Crippen LogP contribution in [0.5, 0.6) is 0 Å². The molecule has 4 rings (SSSR count). The average molecular weight is 367 g/mol. The predicted octanol–water partition coefficient (Wildman–Crippen LogP) is 3.21. The summed E-state index contributed by atoms with van der Waals surface area (Å²) in [6.45, 7) is 4.83. The third-order valence-corrected chi connectivity index (χ3v) is 5.80. The first-order valence-electron chi connectivity index (χ1n) is 9.73. The van der Waals surface area contributed by atoms with Crippen molar-refractivity contribution in [2.45, 2.75) is 32.6 Å². The Kier molecular flexibility index (Phi) is 4.72. The number of aromatic nitrogens is 1. The van der Waals surface area contributed by atoms with Gasteiger partial charge in [0.2, 0.25) is 5.91 Å². The van der Waals surface area contributed by atoms with Crippen molar-refractivity contribution in [3.05, 3.63) is 42.1 Å². The minimum absolute atomic E-state index is 0.104. The fourth-order valence-corrected chi connectivity index (χ4v) is 4.42. The number of carbonyl (C=O) groups is 2. The molecule has 6 heteroatoms. The van der Waals surface area contributed by atoms with Crippen LogP contribution in [0.1, 0.15) is 43.0 Å². The number of hydrogen-bond acceptors (Lipinski definition) is 4. The highest BCUT2D eigenvalue weighted by Crippen LogP contribution is 2.41. The Morgan fingerprint density at radius 2 is 2.04 bits per heavy atom. The second-order valence-corrected chi connectivity index (χ2v) is 7.59. The minimum atomic E-state index is -0.410. The number of likely N-dealkylation sites (tertiary alicyclic amines) is 2. The van der Waals surface area contributed by atoms with Crippen LogP contribution in [-0.2, 0) is 4.79 Å². The van der Waals surface area contributed by atoms with E-state index in [-0.39, 0.29) is 11.8 Å². The Hall–Kier alpha value is -2.63. The molecule has 1 aromatic heterocycles. The van der Waals surface area contributed by atoms with Crippen LogP contribution in [0, 0.1) is 5.41 Å². The fourth-order valence-electron chi connectivity index (χ4n) is 4.42. The summed E-state index contributed by atoms with van der Waals surface area (Å²) in [5, 5.41) is 3.85. The van der Waals surface area contributed by atoms with E-state index in [1.807, 2.05) is 35.2 Å². The molecule has 1 aromatic carbocycles. The van der Waals surface area contributed by atoms with E-state index in [0.29, 0.717) is 24.4 Å². The van der Waals surface area contributed by atoms with Gasteiger partial charge in [-0.2, -0.15) is 0 Å². The van der Waals surface area contributed by atoms with Gasteiger partial charge in [-0.1, -0.05) is 42.4 Å². The van der Waals surface area contributed by atoms with E-state index in [2.05, 4.69) is 12.1 Å². The highest BCUT2D eigenvalue weighted by Gasteiger charge is 2.49. The van der Waals surface area contributed by atoms with Crippen LogP contribution >= 0.6 is 0 Å². The molecule has 2 fully saturated rings. The summed E-state index contributed by atoms with van der Waals surface area (Å²) in [6.07, 6.45) is 5.07. The lowest BCUT2D eigenvalue weighted by Crippen LogP contribution is -2.50. The maximum atomic E-state index is 13.1. The minimum Gasteiger partial charge on any atom is -0.355 e. The zero-order valence-electron chi connectivity index (χ0n) is 15.7. The summed E-state index contributed by atoms with van der Waals surface area (Å²) < 4.78 is 5.37. The number of carbonyl (C=O) groups excluding carboxylic acids is 2. The highest BCUT2D eigenvalue weighted by molar-refractivity contribution is 6.00. The summed E-state index contributed by atoms with van der Waals surface area (Å²) in [5.74, 6) is 0.607. The van der Waals surface area contributed by atoms with E-state index >= 15 is 0 Å². The molecule has 2 aromatic rings. The SMILES string of the molecule is CCCN1CCC[C@@]2(CCN(C(=O)c3cnoc3-c3ccccc3)C2)C1=O. The van der Waals surface area contributed by atoms with Gasteiger partial charge >= 0.3 is 0 Å². The van der Waals surface area contributed by atoms with Crippen LogP contribution in [0.3, 0.4) is 0 Å². The fraction of sp³-hybridized carbons (Fsp3) is 0.476. The lowest BCUT2D eigenvalue weighted by Gasteiger charge is -2.39. The monoisotopic (exact) mass is 367 g/mol. The molecule has 2 aliphatic rings. The molecule has 2 amide bonds. The molecule has 2 aliphatic heterocycles. The highest BCUT2D eigenvalue weighted by atomic mass is 16.5. The van der Waals surface area contributed by atoms with E-state index in [4.69, 9.17) is 4.52 Å². The maximum Gasteiger partial charge on any atom is 0.259 e. The van der Waals surface area contributed by atoms with Gasteiger partial charge < -0.3 is 14.3 Å². The molecule has 0 radical (unpaired) electrons. The van der Waals surface area contributed by atoms with Crippen molar-refractivity contribution in [1.82, 2.24) is 15.0 Å². The van der Waals surface area contributed by atoms with Crippen LogP contribution < -0.4 is 0 Å². The van der Waals surface area contributed by atoms with Crippen LogP contribution in [0.25, 0.3) is 11.3 Å². The summed E-state index contributed by atoms with van der Waals surface area (Å²) in [4.78, 5) is 30.0. The molecule has 0 bridgehead atoms. The van der Waals surface area contributed by atoms with Gasteiger partial charge in [0.25, 0.3) is 5.91 Å². The Morgan fingerprint density at radius 3 is 2.81 bits per heavy atom. The number of nitrogens with zero attached hydrogens (tertiary/aromatic N) is 3. The quantitative estimate of drug-likeness (QED) is 0.832. The zero-order chi connectivity index (χ0) is 18.9. The topological polar surface area (TPSA) is 66.7 Å². The molecule has 0 N–H and O–H groups in total. The van der Waals surface area contributed by atoms with Gasteiger partial charge in [0.1, 0.15) is 5.56 Å². The Morgan fingerprint density at radius 1 is 1.22 bits per heavy atom. The zero-order valence-corrected chi connectivity index (χ0v) is 15.7.